The summed E-state index contributed by atoms with van der Waals surface area (Å²) in [5.74, 6) is 1.64. The van der Waals surface area contributed by atoms with Gasteiger partial charge in [0.2, 0.25) is 5.91 Å². The third-order valence-electron chi connectivity index (χ3n) is 7.83. The van der Waals surface area contributed by atoms with Crippen LogP contribution in [0.2, 0.25) is 0 Å². The Labute approximate surface area is 222 Å². The standard InChI is InChI=1S/C30H42N2O4S/c1-22-7-6-16-32(19-22)20-26-10-13-27(17-23(26)2)31(3)30(33)25-11-14-28(15-12-25)36-29-9-5-8-24(18-29)21-37(4,34)35/h5,8-10,13,17-18,22,25,28H,6-7,11-12,14-16,19-21H2,1-4H3/t22-,25?,28?/m1/s1. The molecule has 2 aromatic rings. The smallest absolute Gasteiger partial charge is 0.229 e. The van der Waals surface area contributed by atoms with Crippen molar-refractivity contribution in [2.24, 2.45) is 11.8 Å². The van der Waals surface area contributed by atoms with E-state index in [1.165, 1.54) is 36.8 Å². The van der Waals surface area contributed by atoms with Crippen molar-refractivity contribution in [3.63, 3.8) is 0 Å². The van der Waals surface area contributed by atoms with Gasteiger partial charge >= 0.3 is 0 Å². The number of carbonyl (C=O) groups is 1. The zero-order valence-corrected chi connectivity index (χ0v) is 23.6. The lowest BCUT2D eigenvalue weighted by Crippen LogP contribution is -2.37. The fraction of sp³-hybridized carbons (Fsp3) is 0.567. The number of likely N-dealkylation sites (tertiary alicyclic amines) is 1. The van der Waals surface area contributed by atoms with Gasteiger partial charge in [0.25, 0.3) is 0 Å². The fourth-order valence-electron chi connectivity index (χ4n) is 5.77. The normalized spacial score (nSPS) is 23.0. The lowest BCUT2D eigenvalue weighted by atomic mass is 9.86. The molecule has 1 saturated carbocycles. The monoisotopic (exact) mass is 526 g/mol. The van der Waals surface area contributed by atoms with Crippen molar-refractivity contribution in [2.45, 2.75) is 70.8 Å². The summed E-state index contributed by atoms with van der Waals surface area (Å²) >= 11 is 0. The Bertz CT molecular complexity index is 1190. The number of amides is 1. The Morgan fingerprint density at radius 2 is 1.84 bits per heavy atom. The molecule has 0 N–H and O–H groups in total. The molecular weight excluding hydrogens is 484 g/mol. The summed E-state index contributed by atoms with van der Waals surface area (Å²) < 4.78 is 29.4. The van der Waals surface area contributed by atoms with Gasteiger partial charge in [0.15, 0.2) is 9.84 Å². The molecule has 0 aromatic heterocycles. The van der Waals surface area contributed by atoms with E-state index in [9.17, 15) is 13.2 Å². The molecule has 4 rings (SSSR count). The third-order valence-corrected chi connectivity index (χ3v) is 8.69. The highest BCUT2D eigenvalue weighted by Crippen LogP contribution is 2.31. The SMILES string of the molecule is Cc1cc(N(C)C(=O)C2CCC(Oc3cccc(CS(C)(=O)=O)c3)CC2)ccc1CN1CCC[C@@H](C)C1. The molecule has 1 heterocycles. The highest BCUT2D eigenvalue weighted by molar-refractivity contribution is 7.89. The van der Waals surface area contributed by atoms with Gasteiger partial charge in [0.1, 0.15) is 5.75 Å². The summed E-state index contributed by atoms with van der Waals surface area (Å²) in [4.78, 5) is 17.7. The van der Waals surface area contributed by atoms with Crippen molar-refractivity contribution < 1.29 is 17.9 Å². The van der Waals surface area contributed by atoms with Gasteiger partial charge in [-0.05, 0) is 98.9 Å². The number of hydrogen-bond acceptors (Lipinski definition) is 5. The maximum Gasteiger partial charge on any atom is 0.229 e. The average molecular weight is 527 g/mol. The number of nitrogens with zero attached hydrogens (tertiary/aromatic N) is 2. The van der Waals surface area contributed by atoms with Gasteiger partial charge in [-0.1, -0.05) is 25.1 Å². The predicted octanol–water partition coefficient (Wildman–Crippen LogP) is 5.37. The van der Waals surface area contributed by atoms with E-state index >= 15 is 0 Å². The summed E-state index contributed by atoms with van der Waals surface area (Å²) in [5.41, 5.74) is 4.28. The Morgan fingerprint density at radius 1 is 1.08 bits per heavy atom. The van der Waals surface area contributed by atoms with E-state index in [4.69, 9.17) is 4.74 Å². The van der Waals surface area contributed by atoms with Crippen LogP contribution >= 0.6 is 0 Å². The van der Waals surface area contributed by atoms with Crippen LogP contribution in [0.3, 0.4) is 0 Å². The first kappa shape index (κ1) is 27.6. The molecule has 2 fully saturated rings. The van der Waals surface area contributed by atoms with Crippen LogP contribution in [0.5, 0.6) is 5.75 Å². The summed E-state index contributed by atoms with van der Waals surface area (Å²) in [6, 6.07) is 13.8. The van der Waals surface area contributed by atoms with E-state index in [1.54, 1.807) is 0 Å². The summed E-state index contributed by atoms with van der Waals surface area (Å²) in [6.07, 6.45) is 7.09. The highest BCUT2D eigenvalue weighted by atomic mass is 32.2. The second-order valence-corrected chi connectivity index (χ2v) is 13.4. The predicted molar refractivity (Wildman–Crippen MR) is 150 cm³/mol. The van der Waals surface area contributed by atoms with E-state index in [-0.39, 0.29) is 23.7 Å². The number of piperidine rings is 1. The largest absolute Gasteiger partial charge is 0.490 e. The molecule has 0 bridgehead atoms. The molecule has 1 atom stereocenters. The molecule has 37 heavy (non-hydrogen) atoms. The van der Waals surface area contributed by atoms with Crippen LogP contribution in [0.25, 0.3) is 0 Å². The fourth-order valence-corrected chi connectivity index (χ4v) is 6.55. The van der Waals surface area contributed by atoms with Crippen molar-refractivity contribution in [3.05, 3.63) is 59.2 Å². The molecule has 1 aliphatic heterocycles. The number of hydrogen-bond donors (Lipinski definition) is 0. The zero-order valence-electron chi connectivity index (χ0n) is 22.8. The molecule has 202 valence electrons. The van der Waals surface area contributed by atoms with Crippen molar-refractivity contribution in [3.8, 4) is 5.75 Å². The van der Waals surface area contributed by atoms with Gasteiger partial charge in [0.05, 0.1) is 11.9 Å². The average Bonchev–Trinajstić information content (AvgIpc) is 2.84. The quantitative estimate of drug-likeness (QED) is 0.463. The maximum absolute atomic E-state index is 13.3. The Morgan fingerprint density at radius 3 is 2.51 bits per heavy atom. The van der Waals surface area contributed by atoms with Gasteiger partial charge in [-0.3, -0.25) is 9.69 Å². The number of anilines is 1. The molecule has 6 nitrogen and oxygen atoms in total. The van der Waals surface area contributed by atoms with E-state index < -0.39 is 9.84 Å². The van der Waals surface area contributed by atoms with Crippen LogP contribution in [0.1, 0.15) is 62.1 Å². The van der Waals surface area contributed by atoms with Crippen molar-refractivity contribution in [1.29, 1.82) is 0 Å². The number of rotatable bonds is 8. The molecule has 7 heteroatoms. The molecule has 2 aliphatic rings. The zero-order chi connectivity index (χ0) is 26.6. The number of carbonyl (C=O) groups excluding carboxylic acids is 1. The van der Waals surface area contributed by atoms with E-state index in [0.29, 0.717) is 5.75 Å². The van der Waals surface area contributed by atoms with E-state index in [2.05, 4.69) is 36.9 Å². The Balaban J connectivity index is 1.30. The van der Waals surface area contributed by atoms with Crippen molar-refractivity contribution in [2.75, 3.05) is 31.3 Å². The molecule has 2 aromatic carbocycles. The number of aryl methyl sites for hydroxylation is 1. The second-order valence-electron chi connectivity index (χ2n) is 11.3. The molecule has 0 spiro atoms. The van der Waals surface area contributed by atoms with Crippen molar-refractivity contribution >= 4 is 21.4 Å². The van der Waals surface area contributed by atoms with Crippen LogP contribution in [-0.4, -0.2) is 51.7 Å². The number of sulfone groups is 1. The molecular formula is C30H42N2O4S. The molecule has 0 radical (unpaired) electrons. The molecule has 1 aliphatic carbocycles. The summed E-state index contributed by atoms with van der Waals surface area (Å²) in [7, 11) is -1.20. The van der Waals surface area contributed by atoms with Crippen LogP contribution in [0, 0.1) is 18.8 Å². The third kappa shape index (κ3) is 7.81. The number of ether oxygens (including phenoxy) is 1. The second kappa shape index (κ2) is 12.0. The first-order valence-electron chi connectivity index (χ1n) is 13.6. The van der Waals surface area contributed by atoms with Crippen LogP contribution in [0.4, 0.5) is 5.69 Å². The first-order valence-corrected chi connectivity index (χ1v) is 15.7. The molecule has 0 unspecified atom stereocenters. The Kier molecular flexibility index (Phi) is 8.96. The molecule has 1 saturated heterocycles. The van der Waals surface area contributed by atoms with E-state index in [1.807, 2.05) is 36.2 Å². The summed E-state index contributed by atoms with van der Waals surface area (Å²) in [6.45, 7) is 7.80. The minimum absolute atomic E-state index is 0.00348. The Hall–Kier alpha value is -2.38. The van der Waals surface area contributed by atoms with Gasteiger partial charge in [0, 0.05) is 38.0 Å². The van der Waals surface area contributed by atoms with E-state index in [0.717, 1.165) is 55.9 Å². The van der Waals surface area contributed by atoms with Gasteiger partial charge in [-0.2, -0.15) is 0 Å². The molecule has 1 amide bonds. The first-order chi connectivity index (χ1) is 17.6. The van der Waals surface area contributed by atoms with Crippen LogP contribution in [-0.2, 0) is 26.9 Å². The van der Waals surface area contributed by atoms with Gasteiger partial charge in [-0.25, -0.2) is 8.42 Å². The van der Waals surface area contributed by atoms with Gasteiger partial charge < -0.3 is 9.64 Å². The maximum atomic E-state index is 13.3. The van der Waals surface area contributed by atoms with Gasteiger partial charge in [-0.15, -0.1) is 0 Å². The van der Waals surface area contributed by atoms with Crippen LogP contribution in [0.15, 0.2) is 42.5 Å². The summed E-state index contributed by atoms with van der Waals surface area (Å²) in [5, 5.41) is 0. The topological polar surface area (TPSA) is 66.9 Å². The minimum atomic E-state index is -3.09. The van der Waals surface area contributed by atoms with Crippen molar-refractivity contribution in [1.82, 2.24) is 4.90 Å². The lowest BCUT2D eigenvalue weighted by Gasteiger charge is -2.32. The minimum Gasteiger partial charge on any atom is -0.490 e. The van der Waals surface area contributed by atoms with Crippen LogP contribution < -0.4 is 9.64 Å². The highest BCUT2D eigenvalue weighted by Gasteiger charge is 2.30. The lowest BCUT2D eigenvalue weighted by molar-refractivity contribution is -0.123. The number of benzene rings is 2.